The number of nitrogens with zero attached hydrogens (tertiary/aromatic N) is 2. The average Bonchev–Trinajstić information content (AvgIpc) is 2.75. The van der Waals surface area contributed by atoms with Crippen LogP contribution in [0, 0.1) is 5.92 Å². The number of benzene rings is 1. The Labute approximate surface area is 132 Å². The van der Waals surface area contributed by atoms with Gasteiger partial charge in [0.25, 0.3) is 5.91 Å². The molecule has 0 atom stereocenters. The number of esters is 1. The van der Waals surface area contributed by atoms with E-state index in [1.165, 1.54) is 11.3 Å². The molecule has 22 heavy (non-hydrogen) atoms. The number of fused-ring (bicyclic) bond motifs is 1. The van der Waals surface area contributed by atoms with Gasteiger partial charge in [0.05, 0.1) is 16.8 Å². The Morgan fingerprint density at radius 1 is 1.36 bits per heavy atom. The molecular weight excluding hydrogens is 300 g/mol. The summed E-state index contributed by atoms with van der Waals surface area (Å²) >= 11 is 1.43. The van der Waals surface area contributed by atoms with Crippen molar-refractivity contribution in [2.24, 2.45) is 10.9 Å². The van der Waals surface area contributed by atoms with Crippen molar-refractivity contribution < 1.29 is 14.3 Å². The molecule has 0 radical (unpaired) electrons. The summed E-state index contributed by atoms with van der Waals surface area (Å²) in [5.74, 6) is -0.333. The van der Waals surface area contributed by atoms with Gasteiger partial charge in [0, 0.05) is 5.92 Å². The van der Waals surface area contributed by atoms with Crippen molar-refractivity contribution >= 4 is 33.4 Å². The zero-order valence-electron chi connectivity index (χ0n) is 12.4. The van der Waals surface area contributed by atoms with E-state index in [9.17, 15) is 9.59 Å². The zero-order valence-corrected chi connectivity index (χ0v) is 13.3. The van der Waals surface area contributed by atoms with Gasteiger partial charge in [0.2, 0.25) is 0 Å². The van der Waals surface area contributed by atoms with E-state index in [1.807, 2.05) is 24.3 Å². The first-order valence-electron chi connectivity index (χ1n) is 7.51. The van der Waals surface area contributed by atoms with Gasteiger partial charge in [-0.3, -0.25) is 9.59 Å². The van der Waals surface area contributed by atoms with Gasteiger partial charge in [0.1, 0.15) is 6.54 Å². The topological polar surface area (TPSA) is 60.7 Å². The minimum absolute atomic E-state index is 0.0567. The lowest BCUT2D eigenvalue weighted by Crippen LogP contribution is -2.26. The van der Waals surface area contributed by atoms with Crippen molar-refractivity contribution in [2.75, 3.05) is 6.61 Å². The molecule has 0 N–H and O–H groups in total. The van der Waals surface area contributed by atoms with Gasteiger partial charge in [-0.15, -0.1) is 0 Å². The second kappa shape index (κ2) is 6.44. The fourth-order valence-corrected chi connectivity index (χ4v) is 3.47. The second-order valence-corrected chi connectivity index (χ2v) is 6.33. The fourth-order valence-electron chi connectivity index (χ4n) is 2.44. The predicted octanol–water partition coefficient (Wildman–Crippen LogP) is 2.49. The smallest absolute Gasteiger partial charge is 0.326 e. The highest BCUT2D eigenvalue weighted by atomic mass is 32.1. The summed E-state index contributed by atoms with van der Waals surface area (Å²) in [6.07, 6.45) is 2.94. The number of ether oxygens (including phenoxy) is 1. The van der Waals surface area contributed by atoms with Crippen LogP contribution in [0.4, 0.5) is 0 Å². The minimum atomic E-state index is -0.316. The average molecular weight is 318 g/mol. The van der Waals surface area contributed by atoms with E-state index >= 15 is 0 Å². The molecule has 1 aliphatic rings. The van der Waals surface area contributed by atoms with E-state index < -0.39 is 0 Å². The lowest BCUT2D eigenvalue weighted by Gasteiger charge is -2.20. The van der Waals surface area contributed by atoms with Crippen LogP contribution in [0.1, 0.15) is 26.2 Å². The highest BCUT2D eigenvalue weighted by molar-refractivity contribution is 7.16. The molecule has 1 heterocycles. The van der Waals surface area contributed by atoms with E-state index in [0.29, 0.717) is 11.4 Å². The molecule has 1 aromatic carbocycles. The lowest BCUT2D eigenvalue weighted by atomic mass is 9.85. The monoisotopic (exact) mass is 318 g/mol. The second-order valence-electron chi connectivity index (χ2n) is 5.32. The number of thiazole rings is 1. The van der Waals surface area contributed by atoms with Gasteiger partial charge < -0.3 is 9.30 Å². The van der Waals surface area contributed by atoms with Gasteiger partial charge in [-0.2, -0.15) is 4.99 Å². The van der Waals surface area contributed by atoms with Crippen LogP contribution in [0.2, 0.25) is 0 Å². The summed E-state index contributed by atoms with van der Waals surface area (Å²) in [5, 5.41) is 0. The van der Waals surface area contributed by atoms with Crippen LogP contribution < -0.4 is 4.80 Å². The summed E-state index contributed by atoms with van der Waals surface area (Å²) in [5.41, 5.74) is 0.903. The molecule has 0 spiro atoms. The van der Waals surface area contributed by atoms with Gasteiger partial charge in [-0.05, 0) is 31.9 Å². The van der Waals surface area contributed by atoms with Crippen LogP contribution in [0.25, 0.3) is 10.2 Å². The van der Waals surface area contributed by atoms with E-state index in [-0.39, 0.29) is 24.3 Å². The SMILES string of the molecule is CCOC(=O)Cn1c(=NC(=O)C2CCC2)sc2ccccc21. The highest BCUT2D eigenvalue weighted by Gasteiger charge is 2.25. The standard InChI is InChI=1S/C16H18N2O3S/c1-2-21-14(19)10-18-12-8-3-4-9-13(12)22-16(18)17-15(20)11-6-5-7-11/h3-4,8-9,11H,2,5-7,10H2,1H3. The molecule has 1 aliphatic carbocycles. The molecule has 1 aromatic heterocycles. The fraction of sp³-hybridized carbons (Fsp3) is 0.438. The first kappa shape index (κ1) is 15.0. The predicted molar refractivity (Wildman–Crippen MR) is 84.4 cm³/mol. The molecule has 1 fully saturated rings. The summed E-state index contributed by atoms with van der Waals surface area (Å²) in [6.45, 7) is 2.20. The first-order chi connectivity index (χ1) is 10.7. The van der Waals surface area contributed by atoms with Gasteiger partial charge in [-0.1, -0.05) is 29.9 Å². The number of para-hydroxylation sites is 1. The number of hydrogen-bond acceptors (Lipinski definition) is 4. The molecule has 5 nitrogen and oxygen atoms in total. The first-order valence-corrected chi connectivity index (χ1v) is 8.33. The van der Waals surface area contributed by atoms with Crippen molar-refractivity contribution in [1.82, 2.24) is 4.57 Å². The van der Waals surface area contributed by atoms with E-state index in [0.717, 1.165) is 29.5 Å². The molecule has 2 aromatic rings. The Morgan fingerprint density at radius 2 is 2.14 bits per heavy atom. The van der Waals surface area contributed by atoms with Crippen LogP contribution in [-0.4, -0.2) is 23.1 Å². The molecule has 0 bridgehead atoms. The third-order valence-corrected chi connectivity index (χ3v) is 4.90. The largest absolute Gasteiger partial charge is 0.465 e. The molecule has 1 amide bonds. The number of hydrogen-bond donors (Lipinski definition) is 0. The van der Waals surface area contributed by atoms with Crippen LogP contribution >= 0.6 is 11.3 Å². The molecule has 0 aliphatic heterocycles. The molecule has 0 saturated heterocycles. The summed E-state index contributed by atoms with van der Waals surface area (Å²) in [7, 11) is 0. The Kier molecular flexibility index (Phi) is 4.38. The summed E-state index contributed by atoms with van der Waals surface area (Å²) in [4.78, 5) is 28.8. The molecule has 0 unspecified atom stereocenters. The number of rotatable bonds is 4. The highest BCUT2D eigenvalue weighted by Crippen LogP contribution is 2.27. The third kappa shape index (κ3) is 2.97. The molecule has 1 saturated carbocycles. The van der Waals surface area contributed by atoms with E-state index in [1.54, 1.807) is 11.5 Å². The van der Waals surface area contributed by atoms with Crippen molar-refractivity contribution in [3.05, 3.63) is 29.1 Å². The number of carbonyl (C=O) groups excluding carboxylic acids is 2. The van der Waals surface area contributed by atoms with Crippen molar-refractivity contribution in [3.63, 3.8) is 0 Å². The van der Waals surface area contributed by atoms with E-state index in [2.05, 4.69) is 4.99 Å². The van der Waals surface area contributed by atoms with Crippen LogP contribution in [0.5, 0.6) is 0 Å². The molecule has 116 valence electrons. The Hall–Kier alpha value is -1.95. The number of aromatic nitrogens is 1. The van der Waals surface area contributed by atoms with E-state index in [4.69, 9.17) is 4.74 Å². The van der Waals surface area contributed by atoms with Crippen molar-refractivity contribution in [2.45, 2.75) is 32.7 Å². The Balaban J connectivity index is 2.02. The van der Waals surface area contributed by atoms with Crippen molar-refractivity contribution in [1.29, 1.82) is 0 Å². The molecular formula is C16H18N2O3S. The van der Waals surface area contributed by atoms with Crippen LogP contribution in [0.3, 0.4) is 0 Å². The van der Waals surface area contributed by atoms with Crippen molar-refractivity contribution in [3.8, 4) is 0 Å². The Bertz CT molecular complexity index is 771. The minimum Gasteiger partial charge on any atom is -0.465 e. The van der Waals surface area contributed by atoms with Gasteiger partial charge >= 0.3 is 5.97 Å². The molecule has 6 heteroatoms. The maximum atomic E-state index is 12.1. The van der Waals surface area contributed by atoms with Gasteiger partial charge in [-0.25, -0.2) is 0 Å². The number of carbonyl (C=O) groups is 2. The maximum absolute atomic E-state index is 12.1. The lowest BCUT2D eigenvalue weighted by molar-refractivity contribution is -0.143. The number of amides is 1. The molecule has 3 rings (SSSR count). The summed E-state index contributed by atoms with van der Waals surface area (Å²) < 4.78 is 7.80. The zero-order chi connectivity index (χ0) is 15.5. The van der Waals surface area contributed by atoms with Crippen LogP contribution in [-0.2, 0) is 20.9 Å². The Morgan fingerprint density at radius 3 is 2.82 bits per heavy atom. The summed E-state index contributed by atoms with van der Waals surface area (Å²) in [6, 6.07) is 7.74. The normalized spacial score (nSPS) is 15.8. The quantitative estimate of drug-likeness (QED) is 0.814. The van der Waals surface area contributed by atoms with Gasteiger partial charge in [0.15, 0.2) is 4.80 Å². The van der Waals surface area contributed by atoms with Crippen LogP contribution in [0.15, 0.2) is 29.3 Å². The third-order valence-electron chi connectivity index (χ3n) is 3.84. The maximum Gasteiger partial charge on any atom is 0.326 e.